The number of nitrogens with zero attached hydrogens (tertiary/aromatic N) is 2. The van der Waals surface area contributed by atoms with E-state index in [1.807, 2.05) is 47.8 Å². The zero-order valence-electron chi connectivity index (χ0n) is 18.5. The number of thiophene rings is 1. The number of aryl methyl sites for hydroxylation is 1. The maximum atomic E-state index is 14.4. The molecule has 174 valence electrons. The lowest BCUT2D eigenvalue weighted by Gasteiger charge is -2.10. The highest BCUT2D eigenvalue weighted by Crippen LogP contribution is 2.29. The fourth-order valence-electron chi connectivity index (χ4n) is 3.56. The molecule has 2 aromatic carbocycles. The van der Waals surface area contributed by atoms with Crippen LogP contribution in [0.3, 0.4) is 0 Å². The Morgan fingerprint density at radius 2 is 1.77 bits per heavy atom. The largest absolute Gasteiger partial charge is 0.469 e. The van der Waals surface area contributed by atoms with Crippen molar-refractivity contribution in [2.45, 2.75) is 6.92 Å². The first-order valence-electron chi connectivity index (χ1n) is 10.6. The van der Waals surface area contributed by atoms with Gasteiger partial charge >= 0.3 is 0 Å². The number of benzene rings is 2. The molecular weight excluding hydrogens is 467 g/mol. The SMILES string of the molecule is Cc1occc1C(=O)Nc1cc(NC(=O)c2cn(-c3ccccc3)nc2-c2cccs2)ccc1F. The van der Waals surface area contributed by atoms with E-state index in [4.69, 9.17) is 4.42 Å². The number of furan rings is 1. The molecule has 0 spiro atoms. The number of halogens is 1. The van der Waals surface area contributed by atoms with Crippen LogP contribution in [-0.2, 0) is 0 Å². The summed E-state index contributed by atoms with van der Waals surface area (Å²) in [5, 5.41) is 11.9. The van der Waals surface area contributed by atoms with Crippen LogP contribution in [0.5, 0.6) is 0 Å². The van der Waals surface area contributed by atoms with Gasteiger partial charge in [-0.15, -0.1) is 11.3 Å². The molecule has 3 heterocycles. The smallest absolute Gasteiger partial charge is 0.259 e. The quantitative estimate of drug-likeness (QED) is 0.301. The van der Waals surface area contributed by atoms with Crippen LogP contribution in [-0.4, -0.2) is 21.6 Å². The standard InChI is InChI=1S/C26H19FN4O3S/c1-16-19(11-12-34-16)25(32)29-22-14-17(9-10-21(22)27)28-26(33)20-15-31(18-6-3-2-4-7-18)30-24(20)23-8-5-13-35-23/h2-15H,1H3,(H,28,33)(H,29,32). The van der Waals surface area contributed by atoms with Crippen LogP contribution in [0.1, 0.15) is 26.5 Å². The van der Waals surface area contributed by atoms with Crippen LogP contribution >= 0.6 is 11.3 Å². The van der Waals surface area contributed by atoms with Gasteiger partial charge in [-0.25, -0.2) is 9.07 Å². The van der Waals surface area contributed by atoms with Crippen molar-refractivity contribution >= 4 is 34.5 Å². The van der Waals surface area contributed by atoms with E-state index < -0.39 is 17.6 Å². The Hall–Kier alpha value is -4.50. The highest BCUT2D eigenvalue weighted by atomic mass is 32.1. The van der Waals surface area contributed by atoms with Gasteiger partial charge in [0.25, 0.3) is 11.8 Å². The van der Waals surface area contributed by atoms with Gasteiger partial charge in [-0.3, -0.25) is 9.59 Å². The van der Waals surface area contributed by atoms with Crippen molar-refractivity contribution in [2.24, 2.45) is 0 Å². The van der Waals surface area contributed by atoms with E-state index in [0.29, 0.717) is 28.3 Å². The Balaban J connectivity index is 1.43. The lowest BCUT2D eigenvalue weighted by atomic mass is 10.2. The molecule has 0 atom stereocenters. The van der Waals surface area contributed by atoms with Crippen molar-refractivity contribution in [3.63, 3.8) is 0 Å². The van der Waals surface area contributed by atoms with Gasteiger partial charge in [0.2, 0.25) is 0 Å². The number of anilines is 2. The monoisotopic (exact) mass is 486 g/mol. The van der Waals surface area contributed by atoms with Crippen molar-refractivity contribution < 1.29 is 18.4 Å². The summed E-state index contributed by atoms with van der Waals surface area (Å²) in [6.07, 6.45) is 3.05. The minimum absolute atomic E-state index is 0.0631. The van der Waals surface area contributed by atoms with Gasteiger partial charge in [0.15, 0.2) is 0 Å². The normalized spacial score (nSPS) is 10.8. The third-order valence-corrected chi connectivity index (χ3v) is 6.19. The lowest BCUT2D eigenvalue weighted by Crippen LogP contribution is -2.15. The predicted octanol–water partition coefficient (Wildman–Crippen LogP) is 6.15. The highest BCUT2D eigenvalue weighted by molar-refractivity contribution is 7.13. The van der Waals surface area contributed by atoms with Gasteiger partial charge in [0.1, 0.15) is 17.3 Å². The van der Waals surface area contributed by atoms with Gasteiger partial charge in [-0.05, 0) is 54.8 Å². The van der Waals surface area contributed by atoms with Gasteiger partial charge in [-0.2, -0.15) is 5.10 Å². The molecule has 9 heteroatoms. The van der Waals surface area contributed by atoms with Crippen molar-refractivity contribution in [1.29, 1.82) is 0 Å². The summed E-state index contributed by atoms with van der Waals surface area (Å²) in [5.74, 6) is -1.13. The molecule has 0 aliphatic heterocycles. The van der Waals surface area contributed by atoms with Crippen LogP contribution < -0.4 is 10.6 Å². The summed E-state index contributed by atoms with van der Waals surface area (Å²) in [5.41, 5.74) is 2.26. The first-order valence-corrected chi connectivity index (χ1v) is 11.5. The fourth-order valence-corrected chi connectivity index (χ4v) is 4.28. The number of hydrogen-bond acceptors (Lipinski definition) is 5. The summed E-state index contributed by atoms with van der Waals surface area (Å²) in [6.45, 7) is 1.64. The molecule has 0 aliphatic rings. The maximum Gasteiger partial charge on any atom is 0.259 e. The third-order valence-electron chi connectivity index (χ3n) is 5.31. The first-order chi connectivity index (χ1) is 17.0. The molecule has 35 heavy (non-hydrogen) atoms. The summed E-state index contributed by atoms with van der Waals surface area (Å²) in [7, 11) is 0. The van der Waals surface area contributed by atoms with Crippen molar-refractivity contribution in [2.75, 3.05) is 10.6 Å². The summed E-state index contributed by atoms with van der Waals surface area (Å²) >= 11 is 1.47. The van der Waals surface area contributed by atoms with Gasteiger partial charge in [0.05, 0.1) is 33.6 Å². The van der Waals surface area contributed by atoms with E-state index in [1.54, 1.807) is 17.8 Å². The van der Waals surface area contributed by atoms with E-state index in [0.717, 1.165) is 10.6 Å². The Morgan fingerprint density at radius 1 is 0.971 bits per heavy atom. The highest BCUT2D eigenvalue weighted by Gasteiger charge is 2.20. The second-order valence-corrected chi connectivity index (χ2v) is 8.59. The Labute approximate surface area is 203 Å². The first kappa shape index (κ1) is 22.3. The number of rotatable bonds is 6. The topological polar surface area (TPSA) is 89.2 Å². The molecule has 0 saturated carbocycles. The van der Waals surface area contributed by atoms with E-state index in [2.05, 4.69) is 15.7 Å². The van der Waals surface area contributed by atoms with E-state index >= 15 is 0 Å². The molecule has 2 amide bonds. The second kappa shape index (κ2) is 9.40. The summed E-state index contributed by atoms with van der Waals surface area (Å²) in [4.78, 5) is 26.6. The Bertz CT molecular complexity index is 1510. The number of nitrogens with one attached hydrogen (secondary N) is 2. The molecule has 3 aromatic heterocycles. The Kier molecular flexibility index (Phi) is 5.99. The molecule has 0 radical (unpaired) electrons. The Morgan fingerprint density at radius 3 is 2.49 bits per heavy atom. The third kappa shape index (κ3) is 4.62. The molecule has 0 fully saturated rings. The van der Waals surface area contributed by atoms with Gasteiger partial charge < -0.3 is 15.1 Å². The van der Waals surface area contributed by atoms with Crippen LogP contribution in [0.25, 0.3) is 16.3 Å². The van der Waals surface area contributed by atoms with Gasteiger partial charge in [-0.1, -0.05) is 24.3 Å². The molecule has 0 bridgehead atoms. The van der Waals surface area contributed by atoms with Crippen LogP contribution in [0, 0.1) is 12.7 Å². The molecular formula is C26H19FN4O3S. The van der Waals surface area contributed by atoms with Crippen LogP contribution in [0.4, 0.5) is 15.8 Å². The number of para-hydroxylation sites is 1. The number of amides is 2. The summed E-state index contributed by atoms with van der Waals surface area (Å²) < 4.78 is 21.2. The minimum Gasteiger partial charge on any atom is -0.469 e. The van der Waals surface area contributed by atoms with Crippen LogP contribution in [0.2, 0.25) is 0 Å². The number of carbonyl (C=O) groups is 2. The zero-order chi connectivity index (χ0) is 24.4. The van der Waals surface area contributed by atoms with Gasteiger partial charge in [0, 0.05) is 11.9 Å². The average molecular weight is 487 g/mol. The summed E-state index contributed by atoms with van der Waals surface area (Å²) in [6, 6.07) is 18.7. The fraction of sp³-hybridized carbons (Fsp3) is 0.0385. The van der Waals surface area contributed by atoms with Crippen LogP contribution in [0.15, 0.2) is 89.0 Å². The van der Waals surface area contributed by atoms with Crippen molar-refractivity contribution in [3.8, 4) is 16.3 Å². The molecule has 0 unspecified atom stereocenters. The van der Waals surface area contributed by atoms with Crippen molar-refractivity contribution in [3.05, 3.63) is 107 Å². The molecule has 0 saturated heterocycles. The molecule has 2 N–H and O–H groups in total. The minimum atomic E-state index is -0.631. The zero-order valence-corrected chi connectivity index (χ0v) is 19.3. The van der Waals surface area contributed by atoms with E-state index in [1.165, 1.54) is 41.9 Å². The second-order valence-electron chi connectivity index (χ2n) is 7.64. The molecule has 0 aliphatic carbocycles. The predicted molar refractivity (Wildman–Crippen MR) is 133 cm³/mol. The van der Waals surface area contributed by atoms with E-state index in [-0.39, 0.29) is 5.69 Å². The number of carbonyl (C=O) groups excluding carboxylic acids is 2. The molecule has 7 nitrogen and oxygen atoms in total. The molecule has 5 aromatic rings. The number of aromatic nitrogens is 2. The van der Waals surface area contributed by atoms with Crippen molar-refractivity contribution in [1.82, 2.24) is 9.78 Å². The lowest BCUT2D eigenvalue weighted by molar-refractivity contribution is 0.101. The maximum absolute atomic E-state index is 14.4. The average Bonchev–Trinajstić information content (AvgIpc) is 3.62. The molecule has 5 rings (SSSR count). The number of hydrogen-bond donors (Lipinski definition) is 2. The van der Waals surface area contributed by atoms with E-state index in [9.17, 15) is 14.0 Å².